The van der Waals surface area contributed by atoms with Gasteiger partial charge in [-0.3, -0.25) is 0 Å². The van der Waals surface area contributed by atoms with Gasteiger partial charge in [-0.2, -0.15) is 18.4 Å². The van der Waals surface area contributed by atoms with Gasteiger partial charge in [0, 0.05) is 6.54 Å². The highest BCUT2D eigenvalue weighted by Crippen LogP contribution is 2.33. The average molecular weight is 244 g/mol. The lowest BCUT2D eigenvalue weighted by atomic mass is 9.98. The number of benzene rings is 1. The van der Waals surface area contributed by atoms with Crippen LogP contribution in [-0.4, -0.2) is 11.1 Å². The van der Waals surface area contributed by atoms with Crippen molar-refractivity contribution in [1.82, 2.24) is 0 Å². The molecule has 0 aliphatic rings. The van der Waals surface area contributed by atoms with Gasteiger partial charge in [-0.05, 0) is 17.7 Å². The predicted octanol–water partition coefficient (Wildman–Crippen LogP) is 1.73. The van der Waals surface area contributed by atoms with Gasteiger partial charge in [-0.25, -0.2) is 4.79 Å². The quantitative estimate of drug-likeness (QED) is 0.829. The largest absolute Gasteiger partial charge is 0.478 e. The molecule has 90 valence electrons. The molecule has 4 nitrogen and oxygen atoms in total. The SMILES string of the molecule is N#Cc1cc(C(F)(F)F)c(CN)cc1C(=O)O. The summed E-state index contributed by atoms with van der Waals surface area (Å²) in [5, 5.41) is 17.3. The van der Waals surface area contributed by atoms with Crippen molar-refractivity contribution in [3.05, 3.63) is 34.4 Å². The Morgan fingerprint density at radius 1 is 1.47 bits per heavy atom. The van der Waals surface area contributed by atoms with E-state index in [0.717, 1.165) is 6.07 Å². The highest BCUT2D eigenvalue weighted by atomic mass is 19.4. The normalized spacial score (nSPS) is 11.0. The maximum atomic E-state index is 12.6. The fourth-order valence-electron chi connectivity index (χ4n) is 1.35. The minimum atomic E-state index is -4.67. The summed E-state index contributed by atoms with van der Waals surface area (Å²) in [6.07, 6.45) is -4.67. The lowest BCUT2D eigenvalue weighted by Crippen LogP contribution is -2.14. The Morgan fingerprint density at radius 2 is 2.06 bits per heavy atom. The van der Waals surface area contributed by atoms with Crippen LogP contribution in [0.2, 0.25) is 0 Å². The molecule has 0 bridgehead atoms. The summed E-state index contributed by atoms with van der Waals surface area (Å²) in [6.45, 7) is -0.458. The molecule has 3 N–H and O–H groups in total. The molecule has 0 radical (unpaired) electrons. The lowest BCUT2D eigenvalue weighted by molar-refractivity contribution is -0.138. The van der Waals surface area contributed by atoms with E-state index >= 15 is 0 Å². The van der Waals surface area contributed by atoms with Gasteiger partial charge in [0.1, 0.15) is 6.07 Å². The number of hydrogen-bond donors (Lipinski definition) is 2. The molecule has 0 saturated heterocycles. The summed E-state index contributed by atoms with van der Waals surface area (Å²) in [6, 6.07) is 2.71. The van der Waals surface area contributed by atoms with Crippen LogP contribution >= 0.6 is 0 Å². The monoisotopic (exact) mass is 244 g/mol. The van der Waals surface area contributed by atoms with E-state index in [1.807, 2.05) is 0 Å². The van der Waals surface area contributed by atoms with E-state index < -0.39 is 35.4 Å². The van der Waals surface area contributed by atoms with Crippen LogP contribution in [0.3, 0.4) is 0 Å². The van der Waals surface area contributed by atoms with Crippen molar-refractivity contribution in [3.63, 3.8) is 0 Å². The third-order valence-electron chi connectivity index (χ3n) is 2.12. The predicted molar refractivity (Wildman–Crippen MR) is 51.0 cm³/mol. The van der Waals surface area contributed by atoms with Crippen LogP contribution in [0.15, 0.2) is 12.1 Å². The van der Waals surface area contributed by atoms with E-state index in [1.54, 1.807) is 0 Å². The molecule has 0 amide bonds. The van der Waals surface area contributed by atoms with Crippen LogP contribution in [0.5, 0.6) is 0 Å². The van der Waals surface area contributed by atoms with E-state index in [9.17, 15) is 18.0 Å². The highest BCUT2D eigenvalue weighted by Gasteiger charge is 2.34. The number of carboxylic acid groups (broad SMARTS) is 1. The number of alkyl halides is 3. The number of nitrogens with two attached hydrogens (primary N) is 1. The van der Waals surface area contributed by atoms with Crippen LogP contribution in [0, 0.1) is 11.3 Å². The lowest BCUT2D eigenvalue weighted by Gasteiger charge is -2.13. The zero-order valence-electron chi connectivity index (χ0n) is 8.38. The van der Waals surface area contributed by atoms with Crippen LogP contribution < -0.4 is 5.73 Å². The van der Waals surface area contributed by atoms with Crippen molar-refractivity contribution in [2.45, 2.75) is 12.7 Å². The number of halogens is 3. The maximum Gasteiger partial charge on any atom is 0.416 e. The number of hydrogen-bond acceptors (Lipinski definition) is 3. The highest BCUT2D eigenvalue weighted by molar-refractivity contribution is 5.91. The van der Waals surface area contributed by atoms with Gasteiger partial charge in [-0.1, -0.05) is 0 Å². The molecule has 0 heterocycles. The molecule has 1 aromatic rings. The molecule has 0 aliphatic heterocycles. The molecule has 0 spiro atoms. The van der Waals surface area contributed by atoms with Gasteiger partial charge in [-0.15, -0.1) is 0 Å². The van der Waals surface area contributed by atoms with Crippen LogP contribution in [0.25, 0.3) is 0 Å². The van der Waals surface area contributed by atoms with Crippen molar-refractivity contribution in [3.8, 4) is 6.07 Å². The Balaban J connectivity index is 3.56. The second-order valence-corrected chi connectivity index (χ2v) is 3.17. The number of carbonyl (C=O) groups is 1. The number of nitrogens with zero attached hydrogens (tertiary/aromatic N) is 1. The first kappa shape index (κ1) is 13.0. The molecule has 0 unspecified atom stereocenters. The van der Waals surface area contributed by atoms with E-state index in [0.29, 0.717) is 6.07 Å². The molecule has 0 aliphatic carbocycles. The second kappa shape index (κ2) is 4.43. The van der Waals surface area contributed by atoms with E-state index in [2.05, 4.69) is 0 Å². The Labute approximate surface area is 94.1 Å². The zero-order chi connectivity index (χ0) is 13.2. The summed E-state index contributed by atoms with van der Waals surface area (Å²) in [7, 11) is 0. The van der Waals surface area contributed by atoms with Gasteiger partial charge in [0.2, 0.25) is 0 Å². The van der Waals surface area contributed by atoms with Crippen LogP contribution in [-0.2, 0) is 12.7 Å². The first-order valence-electron chi connectivity index (χ1n) is 4.38. The minimum Gasteiger partial charge on any atom is -0.478 e. The summed E-state index contributed by atoms with van der Waals surface area (Å²) >= 11 is 0. The van der Waals surface area contributed by atoms with Crippen LogP contribution in [0.4, 0.5) is 13.2 Å². The average Bonchev–Trinajstić information content (AvgIpc) is 2.25. The van der Waals surface area contributed by atoms with Crippen molar-refractivity contribution >= 4 is 5.97 Å². The molecule has 0 atom stereocenters. The first-order valence-corrected chi connectivity index (χ1v) is 4.38. The third kappa shape index (κ3) is 2.54. The van der Waals surface area contributed by atoms with Gasteiger partial charge in [0.15, 0.2) is 0 Å². The Morgan fingerprint density at radius 3 is 2.41 bits per heavy atom. The summed E-state index contributed by atoms with van der Waals surface area (Å²) in [4.78, 5) is 10.7. The van der Waals surface area contributed by atoms with Gasteiger partial charge >= 0.3 is 12.1 Å². The fourth-order valence-corrected chi connectivity index (χ4v) is 1.35. The van der Waals surface area contributed by atoms with Crippen molar-refractivity contribution in [1.29, 1.82) is 5.26 Å². The van der Waals surface area contributed by atoms with Crippen LogP contribution in [0.1, 0.15) is 27.0 Å². The first-order chi connectivity index (χ1) is 7.81. The third-order valence-corrected chi connectivity index (χ3v) is 2.12. The maximum absolute atomic E-state index is 12.6. The number of nitriles is 1. The molecule has 7 heteroatoms. The summed E-state index contributed by atoms with van der Waals surface area (Å²) in [5.41, 5.74) is 2.67. The molecule has 0 fully saturated rings. The summed E-state index contributed by atoms with van der Waals surface area (Å²) in [5.74, 6) is -1.47. The fraction of sp³-hybridized carbons (Fsp3) is 0.200. The van der Waals surface area contributed by atoms with Gasteiger partial charge in [0.05, 0.1) is 16.7 Å². The van der Waals surface area contributed by atoms with Gasteiger partial charge in [0.25, 0.3) is 0 Å². The summed E-state index contributed by atoms with van der Waals surface area (Å²) < 4.78 is 37.7. The van der Waals surface area contributed by atoms with Crippen molar-refractivity contribution < 1.29 is 23.1 Å². The molecule has 0 aromatic heterocycles. The molecular formula is C10H7F3N2O2. The Bertz CT molecular complexity index is 503. The molecule has 1 aromatic carbocycles. The van der Waals surface area contributed by atoms with Crippen molar-refractivity contribution in [2.24, 2.45) is 5.73 Å². The van der Waals surface area contributed by atoms with E-state index in [-0.39, 0.29) is 5.56 Å². The van der Waals surface area contributed by atoms with Crippen molar-refractivity contribution in [2.75, 3.05) is 0 Å². The van der Waals surface area contributed by atoms with Gasteiger partial charge < -0.3 is 10.8 Å². The number of rotatable bonds is 2. The Hall–Kier alpha value is -2.07. The second-order valence-electron chi connectivity index (χ2n) is 3.17. The standard InChI is InChI=1S/C10H7F3N2O2/c11-10(12,13)8-2-5(3-14)7(9(16)17)1-6(8)4-15/h1-2H,4,15H2,(H,16,17). The smallest absolute Gasteiger partial charge is 0.416 e. The number of aromatic carboxylic acids is 1. The molecule has 0 saturated carbocycles. The molecular weight excluding hydrogens is 237 g/mol. The minimum absolute atomic E-state index is 0.353. The number of carboxylic acids is 1. The molecule has 1 rings (SSSR count). The molecule has 17 heavy (non-hydrogen) atoms. The Kier molecular flexibility index (Phi) is 3.39. The topological polar surface area (TPSA) is 87.1 Å². The van der Waals surface area contributed by atoms with E-state index in [4.69, 9.17) is 16.1 Å². The van der Waals surface area contributed by atoms with E-state index in [1.165, 1.54) is 6.07 Å². The zero-order valence-corrected chi connectivity index (χ0v) is 8.38.